The van der Waals surface area contributed by atoms with Gasteiger partial charge in [-0.15, -0.1) is 0 Å². The minimum atomic E-state index is -0.959. The predicted octanol–water partition coefficient (Wildman–Crippen LogP) is 0.101. The second-order valence-corrected chi connectivity index (χ2v) is 3.81. The fourth-order valence-corrected chi connectivity index (χ4v) is 1.56. The van der Waals surface area contributed by atoms with Gasteiger partial charge in [-0.1, -0.05) is 30.3 Å². The van der Waals surface area contributed by atoms with Crippen LogP contribution in [0.5, 0.6) is 0 Å². The summed E-state index contributed by atoms with van der Waals surface area (Å²) in [6, 6.07) is 9.68. The van der Waals surface area contributed by atoms with E-state index >= 15 is 0 Å². The third-order valence-corrected chi connectivity index (χ3v) is 2.30. The SMILES string of the molecule is NC(=O)CN(CCc1ccccc1)CC(=O)O. The maximum atomic E-state index is 10.8. The van der Waals surface area contributed by atoms with Gasteiger partial charge in [-0.05, 0) is 12.0 Å². The van der Waals surface area contributed by atoms with Crippen molar-refractivity contribution in [3.8, 4) is 0 Å². The van der Waals surface area contributed by atoms with Crippen LogP contribution in [0.2, 0.25) is 0 Å². The molecule has 5 heteroatoms. The Morgan fingerprint density at radius 3 is 2.35 bits per heavy atom. The van der Waals surface area contributed by atoms with Crippen molar-refractivity contribution in [1.82, 2.24) is 4.90 Å². The maximum absolute atomic E-state index is 10.8. The third kappa shape index (κ3) is 5.67. The summed E-state index contributed by atoms with van der Waals surface area (Å²) in [6.07, 6.45) is 0.696. The number of rotatable bonds is 7. The third-order valence-electron chi connectivity index (χ3n) is 2.30. The Labute approximate surface area is 99.8 Å². The number of carbonyl (C=O) groups excluding carboxylic acids is 1. The molecule has 1 amide bonds. The van der Waals surface area contributed by atoms with Crippen LogP contribution in [0.1, 0.15) is 5.56 Å². The van der Waals surface area contributed by atoms with Crippen LogP contribution in [-0.4, -0.2) is 41.5 Å². The van der Waals surface area contributed by atoms with Crippen LogP contribution < -0.4 is 5.73 Å². The first-order valence-electron chi connectivity index (χ1n) is 5.34. The first-order valence-corrected chi connectivity index (χ1v) is 5.34. The summed E-state index contributed by atoms with van der Waals surface area (Å²) in [4.78, 5) is 22.9. The van der Waals surface area contributed by atoms with Crippen LogP contribution in [0.25, 0.3) is 0 Å². The monoisotopic (exact) mass is 236 g/mol. The number of hydrogen-bond donors (Lipinski definition) is 2. The molecular formula is C12H16N2O3. The highest BCUT2D eigenvalue weighted by molar-refractivity contribution is 5.77. The van der Waals surface area contributed by atoms with Crippen LogP contribution in [0.4, 0.5) is 0 Å². The molecule has 0 aliphatic heterocycles. The molecule has 0 aliphatic rings. The molecule has 0 aliphatic carbocycles. The Morgan fingerprint density at radius 1 is 1.18 bits per heavy atom. The number of nitrogens with two attached hydrogens (primary N) is 1. The van der Waals surface area contributed by atoms with Gasteiger partial charge in [-0.2, -0.15) is 0 Å². The summed E-state index contributed by atoms with van der Waals surface area (Å²) in [5.74, 6) is -1.47. The van der Waals surface area contributed by atoms with Crippen molar-refractivity contribution in [3.63, 3.8) is 0 Å². The van der Waals surface area contributed by atoms with Gasteiger partial charge in [0, 0.05) is 6.54 Å². The molecule has 0 saturated carbocycles. The van der Waals surface area contributed by atoms with Crippen molar-refractivity contribution in [3.05, 3.63) is 35.9 Å². The van der Waals surface area contributed by atoms with Crippen molar-refractivity contribution < 1.29 is 14.7 Å². The van der Waals surface area contributed by atoms with Crippen LogP contribution in [0.15, 0.2) is 30.3 Å². The number of aliphatic carboxylic acids is 1. The van der Waals surface area contributed by atoms with E-state index < -0.39 is 11.9 Å². The van der Waals surface area contributed by atoms with E-state index in [1.807, 2.05) is 30.3 Å². The molecule has 5 nitrogen and oxygen atoms in total. The number of carboxylic acid groups (broad SMARTS) is 1. The van der Waals surface area contributed by atoms with Gasteiger partial charge in [-0.25, -0.2) is 0 Å². The molecule has 92 valence electrons. The zero-order valence-corrected chi connectivity index (χ0v) is 9.50. The first kappa shape index (κ1) is 13.2. The summed E-state index contributed by atoms with van der Waals surface area (Å²) in [5.41, 5.74) is 6.17. The summed E-state index contributed by atoms with van der Waals surface area (Å²) in [6.45, 7) is 0.300. The normalized spacial score (nSPS) is 10.4. The molecule has 1 aromatic rings. The molecule has 3 N–H and O–H groups in total. The standard InChI is InChI=1S/C12H16N2O3/c13-11(15)8-14(9-12(16)17)7-6-10-4-2-1-3-5-10/h1-5H,6-9H2,(H2,13,15)(H,16,17). The lowest BCUT2D eigenvalue weighted by molar-refractivity contribution is -0.138. The number of nitrogens with zero attached hydrogens (tertiary/aromatic N) is 1. The van der Waals surface area contributed by atoms with Gasteiger partial charge >= 0.3 is 5.97 Å². The minimum Gasteiger partial charge on any atom is -0.480 e. The molecule has 17 heavy (non-hydrogen) atoms. The van der Waals surface area contributed by atoms with E-state index in [2.05, 4.69) is 0 Å². The molecule has 0 bridgehead atoms. The van der Waals surface area contributed by atoms with Gasteiger partial charge in [0.2, 0.25) is 5.91 Å². The average Bonchev–Trinajstić information content (AvgIpc) is 2.26. The molecule has 0 atom stereocenters. The number of hydrogen-bond acceptors (Lipinski definition) is 3. The number of primary amides is 1. The lowest BCUT2D eigenvalue weighted by Crippen LogP contribution is -2.38. The average molecular weight is 236 g/mol. The summed E-state index contributed by atoms with van der Waals surface area (Å²) in [7, 11) is 0. The Morgan fingerprint density at radius 2 is 1.82 bits per heavy atom. The van der Waals surface area contributed by atoms with Crippen molar-refractivity contribution in [2.45, 2.75) is 6.42 Å². The van der Waals surface area contributed by atoms with Crippen molar-refractivity contribution in [1.29, 1.82) is 0 Å². The molecule has 0 spiro atoms. The largest absolute Gasteiger partial charge is 0.480 e. The van der Waals surface area contributed by atoms with E-state index in [1.54, 1.807) is 0 Å². The summed E-state index contributed by atoms with van der Waals surface area (Å²) < 4.78 is 0. The molecule has 0 radical (unpaired) electrons. The molecule has 0 heterocycles. The second-order valence-electron chi connectivity index (χ2n) is 3.81. The van der Waals surface area contributed by atoms with Crippen LogP contribution in [-0.2, 0) is 16.0 Å². The quantitative estimate of drug-likeness (QED) is 0.703. The highest BCUT2D eigenvalue weighted by Crippen LogP contribution is 2.01. The molecule has 0 aromatic heterocycles. The van der Waals surface area contributed by atoms with Gasteiger partial charge in [0.1, 0.15) is 0 Å². The number of carbonyl (C=O) groups is 2. The van der Waals surface area contributed by atoms with Crippen molar-refractivity contribution >= 4 is 11.9 Å². The minimum absolute atomic E-state index is 0.0286. The highest BCUT2D eigenvalue weighted by atomic mass is 16.4. The van der Waals surface area contributed by atoms with E-state index in [1.165, 1.54) is 4.90 Å². The molecular weight excluding hydrogens is 220 g/mol. The second kappa shape index (κ2) is 6.65. The van der Waals surface area contributed by atoms with E-state index in [-0.39, 0.29) is 13.1 Å². The number of amides is 1. The van der Waals surface area contributed by atoms with Crippen molar-refractivity contribution in [2.75, 3.05) is 19.6 Å². The molecule has 1 rings (SSSR count). The predicted molar refractivity (Wildman–Crippen MR) is 63.4 cm³/mol. The van der Waals surface area contributed by atoms with Crippen LogP contribution >= 0.6 is 0 Å². The van der Waals surface area contributed by atoms with E-state index in [4.69, 9.17) is 10.8 Å². The van der Waals surface area contributed by atoms with E-state index in [0.717, 1.165) is 5.56 Å². The molecule has 0 unspecified atom stereocenters. The number of benzene rings is 1. The highest BCUT2D eigenvalue weighted by Gasteiger charge is 2.11. The smallest absolute Gasteiger partial charge is 0.317 e. The Bertz CT molecular complexity index is 363. The zero-order valence-electron chi connectivity index (χ0n) is 9.50. The fraction of sp³-hybridized carbons (Fsp3) is 0.333. The summed E-state index contributed by atoms with van der Waals surface area (Å²) >= 11 is 0. The molecule has 0 saturated heterocycles. The van der Waals surface area contributed by atoms with Gasteiger partial charge in [0.05, 0.1) is 13.1 Å². The van der Waals surface area contributed by atoms with E-state index in [9.17, 15) is 9.59 Å². The Kier molecular flexibility index (Phi) is 5.16. The lowest BCUT2D eigenvalue weighted by atomic mass is 10.1. The fourth-order valence-electron chi connectivity index (χ4n) is 1.56. The van der Waals surface area contributed by atoms with Crippen LogP contribution in [0, 0.1) is 0 Å². The zero-order chi connectivity index (χ0) is 12.7. The number of carboxylic acids is 1. The van der Waals surface area contributed by atoms with Gasteiger partial charge in [0.25, 0.3) is 0 Å². The Balaban J connectivity index is 2.48. The maximum Gasteiger partial charge on any atom is 0.317 e. The topological polar surface area (TPSA) is 83.6 Å². The van der Waals surface area contributed by atoms with E-state index in [0.29, 0.717) is 13.0 Å². The van der Waals surface area contributed by atoms with Gasteiger partial charge in [-0.3, -0.25) is 14.5 Å². The summed E-state index contributed by atoms with van der Waals surface area (Å²) in [5, 5.41) is 8.70. The first-order chi connectivity index (χ1) is 8.08. The van der Waals surface area contributed by atoms with Gasteiger partial charge < -0.3 is 10.8 Å². The van der Waals surface area contributed by atoms with Crippen LogP contribution in [0.3, 0.4) is 0 Å². The molecule has 1 aromatic carbocycles. The Hall–Kier alpha value is -1.88. The van der Waals surface area contributed by atoms with Crippen molar-refractivity contribution in [2.24, 2.45) is 5.73 Å². The molecule has 0 fully saturated rings. The van der Waals surface area contributed by atoms with Gasteiger partial charge in [0.15, 0.2) is 0 Å². The lowest BCUT2D eigenvalue weighted by Gasteiger charge is -2.18.